The summed E-state index contributed by atoms with van der Waals surface area (Å²) in [5.74, 6) is 1.91. The van der Waals surface area contributed by atoms with Crippen LogP contribution in [0.1, 0.15) is 56.2 Å². The lowest BCUT2D eigenvalue weighted by molar-refractivity contribution is -0.136. The molecule has 4 aliphatic rings. The Balaban J connectivity index is 1.47. The van der Waals surface area contributed by atoms with Crippen molar-refractivity contribution in [2.75, 3.05) is 39.5 Å². The number of amides is 1. The fourth-order valence-electron chi connectivity index (χ4n) is 5.49. The van der Waals surface area contributed by atoms with E-state index >= 15 is 0 Å². The zero-order chi connectivity index (χ0) is 19.1. The fraction of sp³-hybridized carbons (Fsp3) is 0.682. The standard InChI is InChI=1S/C22H30N2O4/c1-15-17-11-19-20(28-9-8-27-19)12-18(17)22(4-2-3-5-22)14-24(15)21(25)10-16-13-26-7-6-23-16/h11-12,15-16,23H,2-10,13-14H2,1H3. The first kappa shape index (κ1) is 18.3. The number of carbonyl (C=O) groups is 1. The maximum Gasteiger partial charge on any atom is 0.224 e. The Morgan fingerprint density at radius 2 is 1.93 bits per heavy atom. The number of nitrogens with one attached hydrogen (secondary N) is 1. The van der Waals surface area contributed by atoms with E-state index in [1.165, 1.54) is 24.0 Å². The predicted octanol–water partition coefficient (Wildman–Crippen LogP) is 2.55. The van der Waals surface area contributed by atoms with Gasteiger partial charge in [0.05, 0.1) is 19.3 Å². The number of rotatable bonds is 2. The van der Waals surface area contributed by atoms with Crippen LogP contribution in [0.4, 0.5) is 0 Å². The minimum Gasteiger partial charge on any atom is -0.486 e. The largest absolute Gasteiger partial charge is 0.486 e. The highest BCUT2D eigenvalue weighted by Gasteiger charge is 2.46. The number of fused-ring (bicyclic) bond motifs is 3. The zero-order valence-electron chi connectivity index (χ0n) is 16.7. The van der Waals surface area contributed by atoms with Gasteiger partial charge in [-0.05, 0) is 43.0 Å². The van der Waals surface area contributed by atoms with E-state index in [1.807, 2.05) is 0 Å². The van der Waals surface area contributed by atoms with Crippen LogP contribution in [0, 0.1) is 0 Å². The minimum atomic E-state index is 0.0501. The van der Waals surface area contributed by atoms with Crippen molar-refractivity contribution < 1.29 is 19.0 Å². The molecule has 2 unspecified atom stereocenters. The molecule has 1 aromatic rings. The summed E-state index contributed by atoms with van der Waals surface area (Å²) in [5, 5.41) is 3.42. The Morgan fingerprint density at radius 3 is 2.64 bits per heavy atom. The summed E-state index contributed by atoms with van der Waals surface area (Å²) in [6.45, 7) is 6.33. The zero-order valence-corrected chi connectivity index (χ0v) is 16.7. The summed E-state index contributed by atoms with van der Waals surface area (Å²) in [7, 11) is 0. The van der Waals surface area contributed by atoms with Gasteiger partial charge in [0.1, 0.15) is 13.2 Å². The number of benzene rings is 1. The van der Waals surface area contributed by atoms with Gasteiger partial charge in [-0.15, -0.1) is 0 Å². The molecule has 0 bridgehead atoms. The Morgan fingerprint density at radius 1 is 1.18 bits per heavy atom. The normalized spacial score (nSPS) is 28.2. The van der Waals surface area contributed by atoms with Crippen molar-refractivity contribution in [3.05, 3.63) is 23.3 Å². The van der Waals surface area contributed by atoms with Gasteiger partial charge in [-0.1, -0.05) is 12.8 Å². The van der Waals surface area contributed by atoms with E-state index in [1.54, 1.807) is 0 Å². The van der Waals surface area contributed by atoms with Crippen LogP contribution in [-0.2, 0) is 14.9 Å². The minimum absolute atomic E-state index is 0.0501. The van der Waals surface area contributed by atoms with E-state index in [0.717, 1.165) is 44.0 Å². The van der Waals surface area contributed by atoms with Gasteiger partial charge in [0.15, 0.2) is 11.5 Å². The quantitative estimate of drug-likeness (QED) is 0.847. The number of ether oxygens (including phenoxy) is 3. The van der Waals surface area contributed by atoms with Crippen LogP contribution < -0.4 is 14.8 Å². The van der Waals surface area contributed by atoms with Crippen molar-refractivity contribution in [2.45, 2.75) is 56.5 Å². The van der Waals surface area contributed by atoms with E-state index < -0.39 is 0 Å². The molecule has 1 aliphatic carbocycles. The molecule has 5 rings (SSSR count). The highest BCUT2D eigenvalue weighted by molar-refractivity contribution is 5.78. The SMILES string of the molecule is CC1c2cc3c(cc2C2(CCCC2)CN1C(=O)CC1COCCN1)OCCO3. The predicted molar refractivity (Wildman–Crippen MR) is 105 cm³/mol. The van der Waals surface area contributed by atoms with Crippen LogP contribution >= 0.6 is 0 Å². The van der Waals surface area contributed by atoms with Crippen molar-refractivity contribution >= 4 is 5.91 Å². The van der Waals surface area contributed by atoms with Gasteiger partial charge in [0.2, 0.25) is 5.91 Å². The first-order valence-corrected chi connectivity index (χ1v) is 10.7. The summed E-state index contributed by atoms with van der Waals surface area (Å²) >= 11 is 0. The molecule has 1 N–H and O–H groups in total. The molecule has 2 fully saturated rings. The van der Waals surface area contributed by atoms with Gasteiger partial charge in [0, 0.05) is 31.0 Å². The average molecular weight is 386 g/mol. The van der Waals surface area contributed by atoms with E-state index in [2.05, 4.69) is 29.3 Å². The lowest BCUT2D eigenvalue weighted by Gasteiger charge is -2.46. The second kappa shape index (κ2) is 7.23. The first-order chi connectivity index (χ1) is 13.7. The van der Waals surface area contributed by atoms with Gasteiger partial charge >= 0.3 is 0 Å². The van der Waals surface area contributed by atoms with Gasteiger partial charge in [-0.2, -0.15) is 0 Å². The molecule has 0 aromatic heterocycles. The van der Waals surface area contributed by atoms with Crippen LogP contribution in [0.3, 0.4) is 0 Å². The molecule has 2 atom stereocenters. The molecule has 6 heteroatoms. The molecule has 6 nitrogen and oxygen atoms in total. The van der Waals surface area contributed by atoms with E-state index in [0.29, 0.717) is 26.2 Å². The second-order valence-electron chi connectivity index (χ2n) is 8.70. The van der Waals surface area contributed by atoms with E-state index in [-0.39, 0.29) is 23.4 Å². The molecule has 152 valence electrons. The molecule has 1 saturated carbocycles. The number of carbonyl (C=O) groups excluding carboxylic acids is 1. The van der Waals surface area contributed by atoms with Gasteiger partial charge in [-0.25, -0.2) is 0 Å². The summed E-state index contributed by atoms with van der Waals surface area (Å²) in [6, 6.07) is 4.52. The number of nitrogens with zero attached hydrogens (tertiary/aromatic N) is 1. The van der Waals surface area contributed by atoms with Crippen molar-refractivity contribution in [2.24, 2.45) is 0 Å². The Bertz CT molecular complexity index is 753. The molecule has 1 amide bonds. The lowest BCUT2D eigenvalue weighted by Crippen LogP contribution is -2.51. The highest BCUT2D eigenvalue weighted by Crippen LogP contribution is 2.52. The number of morpholine rings is 1. The topological polar surface area (TPSA) is 60.0 Å². The van der Waals surface area contributed by atoms with Crippen LogP contribution in [0.2, 0.25) is 0 Å². The Labute approximate surface area is 166 Å². The Hall–Kier alpha value is -1.79. The number of hydrogen-bond donors (Lipinski definition) is 1. The third-order valence-corrected chi connectivity index (χ3v) is 6.98. The third kappa shape index (κ3) is 3.07. The maximum absolute atomic E-state index is 13.3. The molecule has 28 heavy (non-hydrogen) atoms. The van der Waals surface area contributed by atoms with Crippen molar-refractivity contribution in [1.29, 1.82) is 0 Å². The maximum atomic E-state index is 13.3. The molecule has 1 saturated heterocycles. The first-order valence-electron chi connectivity index (χ1n) is 10.7. The molecular weight excluding hydrogens is 356 g/mol. The van der Waals surface area contributed by atoms with Crippen molar-refractivity contribution in [1.82, 2.24) is 10.2 Å². The summed E-state index contributed by atoms with van der Waals surface area (Å²) < 4.78 is 17.3. The van der Waals surface area contributed by atoms with Crippen molar-refractivity contribution in [3.8, 4) is 11.5 Å². The molecule has 1 spiro atoms. The van der Waals surface area contributed by atoms with E-state index in [9.17, 15) is 4.79 Å². The van der Waals surface area contributed by atoms with Crippen LogP contribution in [0.15, 0.2) is 12.1 Å². The monoisotopic (exact) mass is 386 g/mol. The number of hydrogen-bond acceptors (Lipinski definition) is 5. The van der Waals surface area contributed by atoms with Crippen LogP contribution in [-0.4, -0.2) is 56.4 Å². The fourth-order valence-corrected chi connectivity index (χ4v) is 5.49. The lowest BCUT2D eigenvalue weighted by atomic mass is 9.71. The average Bonchev–Trinajstić information content (AvgIpc) is 3.20. The molecule has 1 aromatic carbocycles. The van der Waals surface area contributed by atoms with Crippen LogP contribution in [0.25, 0.3) is 0 Å². The van der Waals surface area contributed by atoms with Gasteiger partial charge in [-0.3, -0.25) is 4.79 Å². The third-order valence-electron chi connectivity index (χ3n) is 6.98. The Kier molecular flexibility index (Phi) is 4.71. The van der Waals surface area contributed by atoms with Crippen molar-refractivity contribution in [3.63, 3.8) is 0 Å². The van der Waals surface area contributed by atoms with Gasteiger partial charge < -0.3 is 24.4 Å². The molecule has 3 aliphatic heterocycles. The van der Waals surface area contributed by atoms with Gasteiger partial charge in [0.25, 0.3) is 0 Å². The van der Waals surface area contributed by atoms with E-state index in [4.69, 9.17) is 14.2 Å². The second-order valence-corrected chi connectivity index (χ2v) is 8.70. The van der Waals surface area contributed by atoms with Crippen LogP contribution in [0.5, 0.6) is 11.5 Å². The molecular formula is C22H30N2O4. The summed E-state index contributed by atoms with van der Waals surface area (Å²) in [4.78, 5) is 15.4. The smallest absolute Gasteiger partial charge is 0.224 e. The highest BCUT2D eigenvalue weighted by atomic mass is 16.6. The molecule has 0 radical (unpaired) electrons. The summed E-state index contributed by atoms with van der Waals surface area (Å²) in [5.41, 5.74) is 2.67. The summed E-state index contributed by atoms with van der Waals surface area (Å²) in [6.07, 6.45) is 5.23. The molecule has 3 heterocycles.